The van der Waals surface area contributed by atoms with E-state index in [0.29, 0.717) is 39.6 Å². The third-order valence-corrected chi connectivity index (χ3v) is 15.9. The van der Waals surface area contributed by atoms with Crippen LogP contribution in [0.2, 0.25) is 0 Å². The molecule has 0 N–H and O–H groups in total. The first-order chi connectivity index (χ1) is 34.6. The molecule has 14 aromatic rings. The average molecular weight is 926 g/mol. The minimum absolute atomic E-state index is 0.244. The topological polar surface area (TPSA) is 87.6 Å². The van der Waals surface area contributed by atoms with Gasteiger partial charge in [0.05, 0.1) is 57.0 Å². The van der Waals surface area contributed by atoms with E-state index in [4.69, 9.17) is 16.5 Å². The smallest absolute Gasteiger partial charge is 0.211 e. The van der Waals surface area contributed by atoms with Gasteiger partial charge in [-0.15, -0.1) is 22.7 Å². The molecule has 0 amide bonds. The summed E-state index contributed by atoms with van der Waals surface area (Å²) in [5, 5.41) is 31.4. The van der Waals surface area contributed by atoms with Crippen LogP contribution in [0.15, 0.2) is 188 Å². The lowest BCUT2D eigenvalue weighted by molar-refractivity contribution is 1.15. The van der Waals surface area contributed by atoms with Gasteiger partial charge in [-0.25, -0.2) is 14.8 Å². The standard InChI is InChI=1S/C61H31N7S2/c1-64-48-28-37(24-26-52(48)68-51-20-10-6-16-40(51)44-30-46-42-18-8-12-22-56(42)70-58(46)32-54(44)68)60-47(34-63)59(65-61(66-60)35-13-3-2-4-14-35)36-23-25-49(38(27-36)33-62)67-50-19-9-5-15-39(50)43-29-45-41-17-7-11-21-55(41)69-57(45)31-53(43)67/h2-32H. The van der Waals surface area contributed by atoms with E-state index in [1.54, 1.807) is 22.7 Å². The SMILES string of the molecule is [C-]#[N+]c1cc(-c2nc(-c3ccccc3)nc(-c3ccc(-n4c5ccccc5c5cc6c(cc54)sc4ccccc46)c(C#N)c3)c2C#N)ccc1-n1c2ccccc2c2cc3c(cc21)sc1ccccc13. The number of fused-ring (bicyclic) bond motifs is 12. The second-order valence-corrected chi connectivity index (χ2v) is 19.6. The maximum absolute atomic E-state index is 11.1. The number of hydrogen-bond donors (Lipinski definition) is 0. The molecule has 0 aliphatic carbocycles. The van der Waals surface area contributed by atoms with E-state index < -0.39 is 0 Å². The Morgan fingerprint density at radius 3 is 1.47 bits per heavy atom. The van der Waals surface area contributed by atoms with Gasteiger partial charge >= 0.3 is 0 Å². The van der Waals surface area contributed by atoms with E-state index in [-0.39, 0.29) is 5.56 Å². The van der Waals surface area contributed by atoms with Crippen molar-refractivity contribution >= 4 is 112 Å². The van der Waals surface area contributed by atoms with Crippen LogP contribution in [0, 0.1) is 29.2 Å². The van der Waals surface area contributed by atoms with Crippen LogP contribution >= 0.6 is 22.7 Å². The van der Waals surface area contributed by atoms with Crippen molar-refractivity contribution in [2.75, 3.05) is 0 Å². The van der Waals surface area contributed by atoms with E-state index >= 15 is 0 Å². The monoisotopic (exact) mass is 925 g/mol. The van der Waals surface area contributed by atoms with Crippen molar-refractivity contribution in [2.45, 2.75) is 0 Å². The summed E-state index contributed by atoms with van der Waals surface area (Å²) in [5.41, 5.74) is 9.32. The molecule has 7 nitrogen and oxygen atoms in total. The highest BCUT2D eigenvalue weighted by Gasteiger charge is 2.24. The summed E-state index contributed by atoms with van der Waals surface area (Å²) < 4.78 is 9.18. The van der Waals surface area contributed by atoms with Crippen LogP contribution in [0.3, 0.4) is 0 Å². The zero-order valence-corrected chi connectivity index (χ0v) is 38.5. The summed E-state index contributed by atoms with van der Waals surface area (Å²) >= 11 is 3.54. The summed E-state index contributed by atoms with van der Waals surface area (Å²) in [5.74, 6) is 0.421. The molecule has 0 radical (unpaired) electrons. The summed E-state index contributed by atoms with van der Waals surface area (Å²) in [6.45, 7) is 8.59. The Hall–Kier alpha value is -9.43. The second-order valence-electron chi connectivity index (χ2n) is 17.4. The van der Waals surface area contributed by atoms with Gasteiger partial charge in [0.25, 0.3) is 0 Å². The van der Waals surface area contributed by atoms with E-state index in [1.807, 2.05) is 78.9 Å². The summed E-state index contributed by atoms with van der Waals surface area (Å²) in [4.78, 5) is 14.3. The van der Waals surface area contributed by atoms with Crippen molar-refractivity contribution < 1.29 is 0 Å². The fraction of sp³-hybridized carbons (Fsp3) is 0. The number of hydrogen-bond acceptors (Lipinski definition) is 6. The fourth-order valence-corrected chi connectivity index (χ4v) is 12.8. The van der Waals surface area contributed by atoms with Crippen LogP contribution in [0.5, 0.6) is 0 Å². The van der Waals surface area contributed by atoms with Crippen molar-refractivity contribution in [1.82, 2.24) is 19.1 Å². The van der Waals surface area contributed by atoms with Crippen molar-refractivity contribution in [1.29, 1.82) is 10.5 Å². The molecule has 0 aliphatic heterocycles. The van der Waals surface area contributed by atoms with Gasteiger partial charge in [-0.2, -0.15) is 10.5 Å². The average Bonchev–Trinajstić information content (AvgIpc) is 4.16. The van der Waals surface area contributed by atoms with Crippen molar-refractivity contribution in [3.63, 3.8) is 0 Å². The van der Waals surface area contributed by atoms with Crippen LogP contribution in [0.4, 0.5) is 5.69 Å². The summed E-state index contributed by atoms with van der Waals surface area (Å²) in [6.07, 6.45) is 0. The highest BCUT2D eigenvalue weighted by atomic mass is 32.1. The van der Waals surface area contributed by atoms with Crippen LogP contribution in [-0.4, -0.2) is 19.1 Å². The summed E-state index contributed by atoms with van der Waals surface area (Å²) in [7, 11) is 0. The predicted octanol–water partition coefficient (Wildman–Crippen LogP) is 16.7. The van der Waals surface area contributed by atoms with Crippen molar-refractivity contribution in [2.24, 2.45) is 0 Å². The van der Waals surface area contributed by atoms with Crippen LogP contribution in [0.1, 0.15) is 11.1 Å². The molecule has 0 spiro atoms. The first-order valence-electron chi connectivity index (χ1n) is 22.7. The number of benzene rings is 9. The van der Waals surface area contributed by atoms with Gasteiger partial charge in [0.2, 0.25) is 5.69 Å². The van der Waals surface area contributed by atoms with Crippen molar-refractivity contribution in [3.8, 4) is 57.4 Å². The van der Waals surface area contributed by atoms with Gasteiger partial charge in [-0.3, -0.25) is 0 Å². The van der Waals surface area contributed by atoms with Crippen LogP contribution in [-0.2, 0) is 0 Å². The molecule has 5 heterocycles. The van der Waals surface area contributed by atoms with Gasteiger partial charge in [0.15, 0.2) is 5.82 Å². The Bertz CT molecular complexity index is 4430. The van der Waals surface area contributed by atoms with Gasteiger partial charge in [0, 0.05) is 73.0 Å². The first-order valence-corrected chi connectivity index (χ1v) is 24.3. The molecule has 0 bridgehead atoms. The minimum atomic E-state index is 0.244. The Morgan fingerprint density at radius 1 is 0.414 bits per heavy atom. The van der Waals surface area contributed by atoms with E-state index in [0.717, 1.165) is 60.5 Å². The number of para-hydroxylation sites is 2. The van der Waals surface area contributed by atoms with Gasteiger partial charge in [-0.05, 0) is 78.4 Å². The van der Waals surface area contributed by atoms with Gasteiger partial charge in [0.1, 0.15) is 17.7 Å². The number of nitrogens with zero attached hydrogens (tertiary/aromatic N) is 7. The third-order valence-electron chi connectivity index (χ3n) is 13.6. The van der Waals surface area contributed by atoms with Gasteiger partial charge < -0.3 is 9.13 Å². The molecule has 0 unspecified atom stereocenters. The molecule has 70 heavy (non-hydrogen) atoms. The van der Waals surface area contributed by atoms with E-state index in [2.05, 4.69) is 135 Å². The largest absolute Gasteiger partial charge is 0.319 e. The number of rotatable bonds is 5. The molecule has 9 heteroatoms. The molecule has 322 valence electrons. The van der Waals surface area contributed by atoms with E-state index in [9.17, 15) is 10.5 Å². The molecular formula is C61H31N7S2. The van der Waals surface area contributed by atoms with E-state index in [1.165, 1.54) is 40.3 Å². The quantitative estimate of drug-likeness (QED) is 0.161. The Balaban J connectivity index is 0.949. The fourth-order valence-electron chi connectivity index (χ4n) is 10.5. The summed E-state index contributed by atoms with van der Waals surface area (Å²) in [6, 6.07) is 68.9. The molecular weight excluding hydrogens is 895 g/mol. The number of aromatic nitrogens is 4. The van der Waals surface area contributed by atoms with Crippen LogP contribution < -0.4 is 0 Å². The lowest BCUT2D eigenvalue weighted by Crippen LogP contribution is -2.03. The first kappa shape index (κ1) is 39.7. The maximum atomic E-state index is 11.1. The van der Waals surface area contributed by atoms with Gasteiger partial charge in [-0.1, -0.05) is 115 Å². The lowest BCUT2D eigenvalue weighted by atomic mass is 9.98. The molecule has 0 atom stereocenters. The molecule has 0 aliphatic rings. The Labute approximate surface area is 407 Å². The zero-order chi connectivity index (χ0) is 46.6. The number of nitriles is 2. The lowest BCUT2D eigenvalue weighted by Gasteiger charge is -2.16. The molecule has 0 saturated carbocycles. The Morgan fingerprint density at radius 2 is 0.914 bits per heavy atom. The normalized spacial score (nSPS) is 11.7. The highest BCUT2D eigenvalue weighted by molar-refractivity contribution is 7.26. The van der Waals surface area contributed by atoms with Crippen molar-refractivity contribution in [3.05, 3.63) is 211 Å². The third kappa shape index (κ3) is 5.82. The Kier molecular flexibility index (Phi) is 8.68. The maximum Gasteiger partial charge on any atom is 0.211 e. The molecule has 14 rings (SSSR count). The zero-order valence-electron chi connectivity index (χ0n) is 36.8. The number of thiophene rings is 2. The minimum Gasteiger partial charge on any atom is -0.319 e. The molecule has 0 fully saturated rings. The highest BCUT2D eigenvalue weighted by Crippen LogP contribution is 2.45. The molecule has 5 aromatic heterocycles. The molecule has 9 aromatic carbocycles. The second kappa shape index (κ2) is 15.3. The van der Waals surface area contributed by atoms with Crippen LogP contribution in [0.25, 0.3) is 134 Å². The molecule has 0 saturated heterocycles. The predicted molar refractivity (Wildman–Crippen MR) is 288 cm³/mol.